The maximum Gasteiger partial charge on any atom is 2.00 e. The molecule has 0 aromatic rings. The predicted octanol–water partition coefficient (Wildman–Crippen LogP) is 2.46. The number of carbonyl (C=O) groups is 2. The molecule has 0 bridgehead atoms. The molecule has 0 aromatic heterocycles. The molecule has 30 heavy (non-hydrogen) atoms. The Morgan fingerprint density at radius 1 is 1.30 bits per heavy atom. The van der Waals surface area contributed by atoms with E-state index < -0.39 is 26.2 Å². The number of nitrogens with zero attached hydrogens (tertiary/aromatic N) is 1. The molecule has 0 aromatic carbocycles. The van der Waals surface area contributed by atoms with Crippen molar-refractivity contribution in [3.63, 3.8) is 0 Å². The summed E-state index contributed by atoms with van der Waals surface area (Å²) in [6, 6.07) is -1.42. The Labute approximate surface area is 194 Å². The molecule has 1 aliphatic rings. The number of ether oxygens (including phenoxy) is 1. The number of likely N-dealkylation sites (N-methyl/N-ethyl adjacent to an activating group) is 1. The standard InChI is InChI=1S/C8H15NO.C7H13NO4.C2H4.HO4P.Pt.H2/c1-2-8(7-9)3-5-10-6-4-8;1-3-8(4-2)5(6(9)10)7(11)12;1-2;1-4-5(2)3;;/h9H,1-7H2;5H,3-4H2,1-2H3,(H,9,10)(H,11,12);1-2H2;1H;;1H/q-2;;;;+2;. The van der Waals surface area contributed by atoms with Crippen molar-refractivity contribution in [1.29, 1.82) is 0 Å². The van der Waals surface area contributed by atoms with Crippen LogP contribution in [0.4, 0.5) is 0 Å². The molecule has 0 spiro atoms. The first-order valence-corrected chi connectivity index (χ1v) is 9.91. The number of carboxylic acid groups (broad SMARTS) is 2. The van der Waals surface area contributed by atoms with Gasteiger partial charge in [-0.3, -0.25) is 4.90 Å². The van der Waals surface area contributed by atoms with E-state index in [2.05, 4.69) is 24.8 Å². The van der Waals surface area contributed by atoms with Crippen LogP contribution in [0.2, 0.25) is 0 Å². The molecule has 0 saturated carbocycles. The van der Waals surface area contributed by atoms with Crippen LogP contribution in [0.3, 0.4) is 0 Å². The maximum atomic E-state index is 10.5. The Morgan fingerprint density at radius 2 is 1.67 bits per heavy atom. The topological polar surface area (TPSA) is 180 Å². The molecule has 0 aliphatic carbocycles. The Morgan fingerprint density at radius 3 is 1.80 bits per heavy atom. The summed E-state index contributed by atoms with van der Waals surface area (Å²) in [5, 5.41) is 24.2. The summed E-state index contributed by atoms with van der Waals surface area (Å²) in [4.78, 5) is 31.3. The quantitative estimate of drug-likeness (QED) is 0.0894. The Bertz CT molecular complexity index is 449. The van der Waals surface area contributed by atoms with Crippen molar-refractivity contribution in [1.82, 2.24) is 4.90 Å². The summed E-state index contributed by atoms with van der Waals surface area (Å²) >= 11 is 0. The van der Waals surface area contributed by atoms with Crippen LogP contribution in [0.1, 0.15) is 34.5 Å². The molecule has 0 radical (unpaired) electrons. The zero-order chi connectivity index (χ0) is 23.5. The fourth-order valence-corrected chi connectivity index (χ4v) is 2.33. The smallest absolute Gasteiger partial charge is 0.677 e. The molecule has 13 heteroatoms. The summed E-state index contributed by atoms with van der Waals surface area (Å²) in [5.41, 5.74) is 7.54. The zero-order valence-corrected chi connectivity index (χ0v) is 20.5. The number of aliphatic carboxylic acids is 2. The molecule has 1 unspecified atom stereocenters. The van der Waals surface area contributed by atoms with E-state index in [4.69, 9.17) is 35.4 Å². The van der Waals surface area contributed by atoms with E-state index in [1.807, 2.05) is 0 Å². The molecule has 11 nitrogen and oxygen atoms in total. The molecule has 1 fully saturated rings. The second-order valence-electron chi connectivity index (χ2n) is 5.64. The van der Waals surface area contributed by atoms with E-state index in [1.54, 1.807) is 13.8 Å². The average Bonchev–Trinajstić information content (AvgIpc) is 2.74. The van der Waals surface area contributed by atoms with Gasteiger partial charge in [0.1, 0.15) is 0 Å². The summed E-state index contributed by atoms with van der Waals surface area (Å²) in [7, 11) is -3.04. The van der Waals surface area contributed by atoms with Gasteiger partial charge in [-0.15, -0.1) is 19.7 Å². The number of hydrogen-bond acceptors (Lipinski definition) is 8. The Kier molecular flexibility index (Phi) is 27.9. The van der Waals surface area contributed by atoms with Crippen molar-refractivity contribution in [2.24, 2.45) is 5.41 Å². The third-order valence-corrected chi connectivity index (χ3v) is 4.30. The first-order chi connectivity index (χ1) is 13.6. The molecule has 0 amide bonds. The van der Waals surface area contributed by atoms with Gasteiger partial charge in [0.05, 0.1) is 0 Å². The first kappa shape index (κ1) is 36.6. The van der Waals surface area contributed by atoms with E-state index in [0.29, 0.717) is 19.6 Å². The van der Waals surface area contributed by atoms with Crippen molar-refractivity contribution < 1.29 is 66.4 Å². The Balaban J connectivity index is -0.000000108. The number of rotatable bonds is 8. The summed E-state index contributed by atoms with van der Waals surface area (Å²) in [6.45, 7) is 16.3. The van der Waals surface area contributed by atoms with Crippen molar-refractivity contribution >= 4 is 20.2 Å². The molecule has 1 aliphatic heterocycles. The minimum absolute atomic E-state index is 0. The summed E-state index contributed by atoms with van der Waals surface area (Å²) < 4.78 is 16.9. The molecular formula is C17H35N2O9PPt. The summed E-state index contributed by atoms with van der Waals surface area (Å²) in [5.74, 6) is -2.63. The van der Waals surface area contributed by atoms with Crippen LogP contribution < -0.4 is 4.89 Å². The second-order valence-corrected chi connectivity index (χ2v) is 6.26. The van der Waals surface area contributed by atoms with Gasteiger partial charge in [0.25, 0.3) is 0 Å². The first-order valence-electron chi connectivity index (χ1n) is 8.81. The van der Waals surface area contributed by atoms with Crippen molar-refractivity contribution in [3.8, 4) is 0 Å². The summed E-state index contributed by atoms with van der Waals surface area (Å²) in [6.07, 6.45) is 2.94. The Hall–Kier alpha value is -0.772. The SMILES string of the molecule is C=C.CCN(CC)C(C(=O)O)C(=O)O.O=[P+]([O-])OO.[CH2-]CC1(C[NH-])CCOCC1.[HH].[Pt+2]. The maximum absolute atomic E-state index is 10.5. The molecular weight excluding hydrogens is 602 g/mol. The second kappa shape index (κ2) is 22.9. The van der Waals surface area contributed by atoms with Crippen molar-refractivity contribution in [3.05, 3.63) is 25.8 Å². The third-order valence-electron chi connectivity index (χ3n) is 4.17. The van der Waals surface area contributed by atoms with Crippen LogP contribution in [0, 0.1) is 12.3 Å². The fourth-order valence-electron chi connectivity index (χ4n) is 2.33. The van der Waals surface area contributed by atoms with Crippen LogP contribution in [-0.4, -0.2) is 71.2 Å². The monoisotopic (exact) mass is 637 g/mol. The van der Waals surface area contributed by atoms with Crippen LogP contribution in [-0.2, 0) is 44.6 Å². The van der Waals surface area contributed by atoms with Gasteiger partial charge >= 0.3 is 41.3 Å². The van der Waals surface area contributed by atoms with E-state index in [1.165, 1.54) is 4.90 Å². The molecule has 1 atom stereocenters. The number of carboxylic acids is 2. The van der Waals surface area contributed by atoms with E-state index in [0.717, 1.165) is 32.5 Å². The molecule has 1 saturated heterocycles. The molecule has 4 N–H and O–H groups in total. The van der Waals surface area contributed by atoms with Gasteiger partial charge in [-0.25, -0.2) is 14.8 Å². The normalized spacial score (nSPS) is 14.5. The van der Waals surface area contributed by atoms with E-state index in [-0.39, 0.29) is 27.9 Å². The van der Waals surface area contributed by atoms with Gasteiger partial charge < -0.3 is 32.5 Å². The predicted molar refractivity (Wildman–Crippen MR) is 108 cm³/mol. The van der Waals surface area contributed by atoms with Crippen LogP contribution in [0.5, 0.6) is 0 Å². The van der Waals surface area contributed by atoms with Crippen molar-refractivity contribution in [2.45, 2.75) is 39.2 Å². The van der Waals surface area contributed by atoms with Crippen LogP contribution in [0.15, 0.2) is 13.2 Å². The van der Waals surface area contributed by atoms with Gasteiger partial charge in [0, 0.05) is 19.3 Å². The average molecular weight is 638 g/mol. The largest absolute Gasteiger partial charge is 2.00 e. The van der Waals surface area contributed by atoms with Gasteiger partial charge in [0.2, 0.25) is 6.04 Å². The molecule has 182 valence electrons. The van der Waals surface area contributed by atoms with Gasteiger partial charge in [-0.1, -0.05) is 19.3 Å². The number of hydrogen-bond donors (Lipinski definition) is 3. The minimum atomic E-state index is -3.04. The van der Waals surface area contributed by atoms with E-state index >= 15 is 0 Å². The zero-order valence-electron chi connectivity index (χ0n) is 17.4. The van der Waals surface area contributed by atoms with Crippen molar-refractivity contribution in [2.75, 3.05) is 32.8 Å². The molecule has 1 rings (SSSR count). The minimum Gasteiger partial charge on any atom is -0.677 e. The van der Waals surface area contributed by atoms with E-state index in [9.17, 15) is 9.59 Å². The van der Waals surface area contributed by atoms with Crippen LogP contribution in [0.25, 0.3) is 5.73 Å². The number of nitrogens with one attached hydrogen (secondary N) is 1. The molecule has 1 heterocycles. The fraction of sp³-hybridized carbons (Fsp3) is 0.706. The third kappa shape index (κ3) is 17.0. The van der Waals surface area contributed by atoms with Gasteiger partial charge in [-0.2, -0.15) is 6.42 Å². The van der Waals surface area contributed by atoms with Gasteiger partial charge in [0.15, 0.2) is 0 Å². The van der Waals surface area contributed by atoms with Crippen LogP contribution >= 0.6 is 8.25 Å². The van der Waals surface area contributed by atoms with Gasteiger partial charge in [-0.05, 0) is 30.5 Å².